The van der Waals surface area contributed by atoms with Gasteiger partial charge in [0.1, 0.15) is 11.4 Å². The van der Waals surface area contributed by atoms with Gasteiger partial charge in [0.05, 0.1) is 44.1 Å². The van der Waals surface area contributed by atoms with E-state index in [9.17, 15) is 0 Å². The summed E-state index contributed by atoms with van der Waals surface area (Å²) in [5, 5.41) is 9.44. The van der Waals surface area contributed by atoms with Crippen LogP contribution in [0.25, 0.3) is 132 Å². The van der Waals surface area contributed by atoms with Crippen molar-refractivity contribution >= 4 is 87.2 Å². The Morgan fingerprint density at radius 2 is 0.592 bits per heavy atom. The van der Waals surface area contributed by atoms with Crippen molar-refractivity contribution in [2.45, 2.75) is 41.5 Å². The van der Waals surface area contributed by atoms with E-state index < -0.39 is 0 Å². The van der Waals surface area contributed by atoms with Crippen molar-refractivity contribution in [3.63, 3.8) is 0 Å². The highest BCUT2D eigenvalue weighted by atomic mass is 15.2. The number of nitrogens with zero attached hydrogens (tertiary/aromatic N) is 6. The Morgan fingerprint density at radius 1 is 0.263 bits per heavy atom. The second-order valence-electron chi connectivity index (χ2n) is 21.0. The fourth-order valence-electron chi connectivity index (χ4n) is 12.7. The first-order valence-corrected chi connectivity index (χ1v) is 26.3. The molecule has 15 rings (SSSR count). The minimum absolute atomic E-state index is 0.815. The molecule has 0 fully saturated rings. The number of rotatable bonds is 6. The highest BCUT2D eigenvalue weighted by molar-refractivity contribution is 6.16. The Balaban J connectivity index is 1.30. The van der Waals surface area contributed by atoms with Crippen LogP contribution in [-0.2, 0) is 0 Å². The van der Waals surface area contributed by atoms with Crippen LogP contribution in [-0.4, -0.2) is 28.2 Å². The molecule has 0 bridgehead atoms. The van der Waals surface area contributed by atoms with Gasteiger partial charge in [0.25, 0.3) is 0 Å². The van der Waals surface area contributed by atoms with Crippen LogP contribution >= 0.6 is 0 Å². The van der Waals surface area contributed by atoms with E-state index in [1.165, 1.54) is 65.3 Å². The van der Waals surface area contributed by atoms with E-state index in [0.717, 1.165) is 101 Å². The van der Waals surface area contributed by atoms with Crippen LogP contribution in [0.15, 0.2) is 206 Å². The summed E-state index contributed by atoms with van der Waals surface area (Å²) in [5.41, 5.74) is 21.7. The average Bonchev–Trinajstić information content (AvgIpc) is 4.34. The van der Waals surface area contributed by atoms with E-state index in [1.54, 1.807) is 0 Å². The van der Waals surface area contributed by atoms with E-state index >= 15 is 0 Å². The largest absolute Gasteiger partial charge is 0.305 e. The Morgan fingerprint density at radius 3 is 0.987 bits per heavy atom. The van der Waals surface area contributed by atoms with Gasteiger partial charge in [0.2, 0.25) is 0 Å². The lowest BCUT2D eigenvalue weighted by Crippen LogP contribution is -2.16. The van der Waals surface area contributed by atoms with Crippen LogP contribution in [0.3, 0.4) is 0 Å². The summed E-state index contributed by atoms with van der Waals surface area (Å²) in [6.07, 6.45) is 0. The van der Waals surface area contributed by atoms with E-state index in [1.807, 2.05) is 0 Å². The maximum atomic E-state index is 6.47. The number of pyridine rings is 2. The molecule has 0 atom stereocenters. The quantitative estimate of drug-likeness (QED) is 0.167. The minimum Gasteiger partial charge on any atom is -0.305 e. The van der Waals surface area contributed by atoms with Gasteiger partial charge in [-0.15, -0.1) is 0 Å². The molecule has 6 heterocycles. The smallest absolute Gasteiger partial charge is 0.165 e. The van der Waals surface area contributed by atoms with E-state index in [2.05, 4.69) is 266 Å². The monoisotopic (exact) mass is 976 g/mol. The molecule has 0 aliphatic rings. The maximum Gasteiger partial charge on any atom is 0.165 e. The molecule has 362 valence electrons. The summed E-state index contributed by atoms with van der Waals surface area (Å²) >= 11 is 0. The van der Waals surface area contributed by atoms with Gasteiger partial charge in [0.15, 0.2) is 11.6 Å². The number of benzene rings is 9. The Hall–Kier alpha value is -9.52. The van der Waals surface area contributed by atoms with Crippen LogP contribution in [0.4, 0.5) is 0 Å². The molecule has 76 heavy (non-hydrogen) atoms. The lowest BCUT2D eigenvalue weighted by Gasteiger charge is -2.28. The van der Waals surface area contributed by atoms with Gasteiger partial charge in [0, 0.05) is 65.6 Å². The van der Waals surface area contributed by atoms with Crippen molar-refractivity contribution < 1.29 is 0 Å². The Bertz CT molecular complexity index is 4690. The van der Waals surface area contributed by atoms with Crippen molar-refractivity contribution in [1.29, 1.82) is 0 Å². The van der Waals surface area contributed by atoms with Gasteiger partial charge in [-0.3, -0.25) is 14.1 Å². The SMILES string of the molecule is Cc1ccc2c(c1)c1ccccc1n2-c1nc(-n2c3ccccc3c3cc(C)ccc32)c(-n2c3ccccc3c3cc(C)ccc32)c(-c2ccccc2-c2ccc(C)nc2C)c1-n1c2ccccc2c2cc(C)ccc21. The van der Waals surface area contributed by atoms with Crippen molar-refractivity contribution in [1.82, 2.24) is 28.2 Å². The molecular formula is C70H52N6. The zero-order valence-electron chi connectivity index (χ0n) is 43.3. The van der Waals surface area contributed by atoms with Gasteiger partial charge in [-0.05, 0) is 132 Å². The average molecular weight is 977 g/mol. The number of aromatic nitrogens is 6. The van der Waals surface area contributed by atoms with Crippen LogP contribution in [0, 0.1) is 41.5 Å². The standard InChI is InChI=1S/C70H52N6/c1-41-27-33-62-54(37-41)49-18-9-13-23-58(49)73(62)67-66(53-22-8-7-17-48(53)47-32-31-45(5)71-46(47)6)68(74-59-24-14-10-19-50(59)55-38-42(2)28-34-63(55)74)70(76-61-26-16-12-21-52(61)57-40-44(4)30-36-65(57)76)72-69(67)75-60-25-15-11-20-51(60)56-39-43(3)29-35-64(56)75/h7-40H,1-6H3. The van der Waals surface area contributed by atoms with Gasteiger partial charge in [-0.2, -0.15) is 0 Å². The molecule has 0 amide bonds. The molecule has 0 radical (unpaired) electrons. The number of hydrogen-bond donors (Lipinski definition) is 0. The van der Waals surface area contributed by atoms with Crippen molar-refractivity contribution in [2.75, 3.05) is 0 Å². The summed E-state index contributed by atoms with van der Waals surface area (Å²) < 4.78 is 9.99. The van der Waals surface area contributed by atoms with E-state index in [-0.39, 0.29) is 0 Å². The van der Waals surface area contributed by atoms with Gasteiger partial charge >= 0.3 is 0 Å². The van der Waals surface area contributed by atoms with Crippen LogP contribution in [0.5, 0.6) is 0 Å². The number of para-hydroxylation sites is 4. The zero-order chi connectivity index (χ0) is 51.1. The first-order chi connectivity index (χ1) is 37.2. The topological polar surface area (TPSA) is 45.5 Å². The predicted octanol–water partition coefficient (Wildman–Crippen LogP) is 18.0. The second-order valence-corrected chi connectivity index (χ2v) is 21.0. The maximum absolute atomic E-state index is 6.47. The number of hydrogen-bond acceptors (Lipinski definition) is 2. The molecule has 0 spiro atoms. The fraction of sp³-hybridized carbons (Fsp3) is 0.0857. The van der Waals surface area contributed by atoms with Gasteiger partial charge < -0.3 is 9.13 Å². The number of fused-ring (bicyclic) bond motifs is 12. The third-order valence-electron chi connectivity index (χ3n) is 16.0. The van der Waals surface area contributed by atoms with Crippen molar-refractivity contribution in [3.8, 4) is 45.3 Å². The van der Waals surface area contributed by atoms with Gasteiger partial charge in [-0.25, -0.2) is 4.98 Å². The zero-order valence-corrected chi connectivity index (χ0v) is 43.3. The second kappa shape index (κ2) is 16.5. The van der Waals surface area contributed by atoms with E-state index in [0.29, 0.717) is 0 Å². The van der Waals surface area contributed by atoms with Gasteiger partial charge in [-0.1, -0.05) is 150 Å². The molecule has 9 aromatic carbocycles. The molecule has 6 nitrogen and oxygen atoms in total. The van der Waals surface area contributed by atoms with Crippen LogP contribution in [0.1, 0.15) is 33.6 Å². The molecular weight excluding hydrogens is 925 g/mol. The lowest BCUT2D eigenvalue weighted by atomic mass is 9.91. The highest BCUT2D eigenvalue weighted by Gasteiger charge is 2.33. The van der Waals surface area contributed by atoms with Crippen molar-refractivity contribution in [2.24, 2.45) is 0 Å². The molecule has 15 aromatic rings. The fourth-order valence-corrected chi connectivity index (χ4v) is 12.7. The highest BCUT2D eigenvalue weighted by Crippen LogP contribution is 2.51. The summed E-state index contributed by atoms with van der Waals surface area (Å²) in [7, 11) is 0. The molecule has 0 saturated carbocycles. The van der Waals surface area contributed by atoms with E-state index in [4.69, 9.17) is 9.97 Å². The summed E-state index contributed by atoms with van der Waals surface area (Å²) in [5.74, 6) is 1.63. The summed E-state index contributed by atoms with van der Waals surface area (Å²) in [4.78, 5) is 11.6. The third-order valence-corrected chi connectivity index (χ3v) is 16.0. The first kappa shape index (κ1) is 44.0. The summed E-state index contributed by atoms with van der Waals surface area (Å²) in [6, 6.07) is 76.6. The molecule has 0 saturated heterocycles. The molecule has 6 heteroatoms. The molecule has 0 aliphatic carbocycles. The van der Waals surface area contributed by atoms with Crippen molar-refractivity contribution in [3.05, 3.63) is 240 Å². The van der Waals surface area contributed by atoms with Crippen LogP contribution < -0.4 is 0 Å². The third kappa shape index (κ3) is 6.34. The van der Waals surface area contributed by atoms with Crippen LogP contribution in [0.2, 0.25) is 0 Å². The Labute approximate surface area is 440 Å². The molecule has 0 N–H and O–H groups in total. The number of aryl methyl sites for hydroxylation is 6. The Kier molecular flexibility index (Phi) is 9.55. The minimum atomic E-state index is 0.815. The lowest BCUT2D eigenvalue weighted by molar-refractivity contribution is 0.961. The molecule has 6 aromatic heterocycles. The molecule has 0 unspecified atom stereocenters. The molecule has 0 aliphatic heterocycles. The summed E-state index contributed by atoms with van der Waals surface area (Å²) in [6.45, 7) is 13.0. The first-order valence-electron chi connectivity index (χ1n) is 26.3. The normalized spacial score (nSPS) is 12.1. The predicted molar refractivity (Wildman–Crippen MR) is 319 cm³/mol.